The van der Waals surface area contributed by atoms with Crippen LogP contribution in [0.2, 0.25) is 0 Å². The van der Waals surface area contributed by atoms with Gasteiger partial charge in [0.05, 0.1) is 11.6 Å². The predicted molar refractivity (Wildman–Crippen MR) is 56.4 cm³/mol. The van der Waals surface area contributed by atoms with Crippen molar-refractivity contribution in [3.63, 3.8) is 0 Å². The number of nitriles is 1. The van der Waals surface area contributed by atoms with Gasteiger partial charge in [0.25, 0.3) is 0 Å². The Hall–Kier alpha value is -2.07. The highest BCUT2D eigenvalue weighted by Gasteiger charge is 2.10. The molecule has 0 saturated heterocycles. The largest absolute Gasteiger partial charge is 0.478 e. The highest BCUT2D eigenvalue weighted by molar-refractivity contribution is 7.92. The fraction of sp³-hybridized carbons (Fsp3) is 0.111. The number of rotatable bonds is 4. The lowest BCUT2D eigenvalue weighted by atomic mass is 10.2. The van der Waals surface area contributed by atoms with Crippen LogP contribution in [0.25, 0.3) is 0 Å². The maximum Gasteiger partial charge on any atom is 0.335 e. The highest BCUT2D eigenvalue weighted by atomic mass is 32.2. The summed E-state index contributed by atoms with van der Waals surface area (Å²) in [6.07, 6.45) is 0. The number of anilines is 1. The molecule has 1 aromatic rings. The summed E-state index contributed by atoms with van der Waals surface area (Å²) in [6.45, 7) is 0. The van der Waals surface area contributed by atoms with E-state index in [1.807, 2.05) is 0 Å². The summed E-state index contributed by atoms with van der Waals surface area (Å²) in [4.78, 5) is 10.6. The number of aromatic carboxylic acids is 1. The number of sulfonamides is 1. The van der Waals surface area contributed by atoms with E-state index in [1.54, 1.807) is 0 Å². The number of carbonyl (C=O) groups is 1. The molecule has 0 aromatic heterocycles. The van der Waals surface area contributed by atoms with Crippen molar-refractivity contribution >= 4 is 21.7 Å². The average Bonchev–Trinajstić information content (AvgIpc) is 2.17. The number of benzene rings is 1. The first-order valence-corrected chi connectivity index (χ1v) is 5.80. The van der Waals surface area contributed by atoms with Gasteiger partial charge in [-0.2, -0.15) is 5.26 Å². The van der Waals surface area contributed by atoms with Crippen LogP contribution in [0, 0.1) is 11.3 Å². The summed E-state index contributed by atoms with van der Waals surface area (Å²) in [6, 6.07) is 6.83. The van der Waals surface area contributed by atoms with Crippen molar-refractivity contribution in [3.05, 3.63) is 29.8 Å². The standard InChI is InChI=1S/C9H8N2O4S/c10-4-5-16(14,15)11-8-3-1-2-7(6-8)9(12)13/h1-3,6,11H,5H2,(H,12,13). The molecule has 0 heterocycles. The third kappa shape index (κ3) is 3.25. The molecule has 84 valence electrons. The second kappa shape index (κ2) is 4.63. The molecule has 0 aliphatic heterocycles. The first-order valence-electron chi connectivity index (χ1n) is 4.15. The minimum absolute atomic E-state index is 0.0304. The zero-order valence-electron chi connectivity index (χ0n) is 8.04. The minimum atomic E-state index is -3.73. The first-order chi connectivity index (χ1) is 7.44. The van der Waals surface area contributed by atoms with E-state index >= 15 is 0 Å². The van der Waals surface area contributed by atoms with Crippen LogP contribution in [0.3, 0.4) is 0 Å². The van der Waals surface area contributed by atoms with Gasteiger partial charge in [-0.3, -0.25) is 4.72 Å². The Morgan fingerprint density at radius 1 is 1.50 bits per heavy atom. The summed E-state index contributed by atoms with van der Waals surface area (Å²) in [5, 5.41) is 16.9. The molecule has 1 rings (SSSR count). The normalized spacial score (nSPS) is 10.4. The van der Waals surface area contributed by atoms with Crippen molar-refractivity contribution in [2.45, 2.75) is 0 Å². The van der Waals surface area contributed by atoms with Gasteiger partial charge in [0.2, 0.25) is 10.0 Å². The molecule has 0 saturated carbocycles. The van der Waals surface area contributed by atoms with Crippen LogP contribution >= 0.6 is 0 Å². The Morgan fingerprint density at radius 3 is 2.75 bits per heavy atom. The number of hydrogen-bond acceptors (Lipinski definition) is 4. The Kier molecular flexibility index (Phi) is 3.48. The Bertz CT molecular complexity index is 545. The number of nitrogens with zero attached hydrogens (tertiary/aromatic N) is 1. The molecule has 0 radical (unpaired) electrons. The molecular formula is C9H8N2O4S. The van der Waals surface area contributed by atoms with Crippen molar-refractivity contribution in [1.82, 2.24) is 0 Å². The summed E-state index contributed by atoms with van der Waals surface area (Å²) in [7, 11) is -3.73. The number of carboxylic acid groups (broad SMARTS) is 1. The predicted octanol–water partition coefficient (Wildman–Crippen LogP) is 0.650. The van der Waals surface area contributed by atoms with Crippen LogP contribution in [0.4, 0.5) is 5.69 Å². The van der Waals surface area contributed by atoms with Gasteiger partial charge in [0, 0.05) is 5.69 Å². The Balaban J connectivity index is 2.95. The smallest absolute Gasteiger partial charge is 0.335 e. The van der Waals surface area contributed by atoms with Gasteiger partial charge in [-0.25, -0.2) is 13.2 Å². The molecule has 0 fully saturated rings. The molecular weight excluding hydrogens is 232 g/mol. The van der Waals surface area contributed by atoms with Crippen LogP contribution in [0.15, 0.2) is 24.3 Å². The van der Waals surface area contributed by atoms with Crippen LogP contribution < -0.4 is 4.72 Å². The topological polar surface area (TPSA) is 107 Å². The van der Waals surface area contributed by atoms with Crippen LogP contribution in [-0.2, 0) is 10.0 Å². The summed E-state index contributed by atoms with van der Waals surface area (Å²) >= 11 is 0. The monoisotopic (exact) mass is 240 g/mol. The van der Waals surface area contributed by atoms with E-state index < -0.39 is 21.7 Å². The van der Waals surface area contributed by atoms with E-state index in [1.165, 1.54) is 30.3 Å². The van der Waals surface area contributed by atoms with Gasteiger partial charge >= 0.3 is 5.97 Å². The first kappa shape index (κ1) is 12.0. The van der Waals surface area contributed by atoms with Gasteiger partial charge < -0.3 is 5.11 Å². The van der Waals surface area contributed by atoms with E-state index in [9.17, 15) is 13.2 Å². The second-order valence-corrected chi connectivity index (χ2v) is 4.63. The van der Waals surface area contributed by atoms with E-state index in [-0.39, 0.29) is 11.3 Å². The van der Waals surface area contributed by atoms with E-state index in [2.05, 4.69) is 4.72 Å². The van der Waals surface area contributed by atoms with Crippen molar-refractivity contribution in [2.75, 3.05) is 10.5 Å². The fourth-order valence-electron chi connectivity index (χ4n) is 1.02. The molecule has 0 bridgehead atoms. The van der Waals surface area contributed by atoms with E-state index in [4.69, 9.17) is 10.4 Å². The summed E-state index contributed by atoms with van der Waals surface area (Å²) in [5.41, 5.74) is 0.0901. The van der Waals surface area contributed by atoms with Crippen molar-refractivity contribution in [3.8, 4) is 6.07 Å². The molecule has 0 aliphatic carbocycles. The molecule has 0 spiro atoms. The number of carboxylic acids is 1. The van der Waals surface area contributed by atoms with Gasteiger partial charge in [0.1, 0.15) is 0 Å². The fourth-order valence-corrected chi connectivity index (χ4v) is 1.74. The quantitative estimate of drug-likeness (QED) is 0.803. The van der Waals surface area contributed by atoms with Gasteiger partial charge in [-0.1, -0.05) is 6.07 Å². The Morgan fingerprint density at radius 2 is 2.19 bits per heavy atom. The number of nitrogens with one attached hydrogen (secondary N) is 1. The van der Waals surface area contributed by atoms with Gasteiger partial charge in [-0.05, 0) is 18.2 Å². The third-order valence-electron chi connectivity index (χ3n) is 1.64. The SMILES string of the molecule is N#CCS(=O)(=O)Nc1cccc(C(=O)O)c1. The second-order valence-electron chi connectivity index (χ2n) is 2.91. The number of hydrogen-bond donors (Lipinski definition) is 2. The van der Waals surface area contributed by atoms with E-state index in [0.29, 0.717) is 0 Å². The van der Waals surface area contributed by atoms with Crippen LogP contribution in [0.5, 0.6) is 0 Å². The molecule has 16 heavy (non-hydrogen) atoms. The van der Waals surface area contributed by atoms with E-state index in [0.717, 1.165) is 0 Å². The minimum Gasteiger partial charge on any atom is -0.478 e. The zero-order chi connectivity index (χ0) is 12.2. The lowest BCUT2D eigenvalue weighted by Gasteiger charge is -2.05. The highest BCUT2D eigenvalue weighted by Crippen LogP contribution is 2.12. The third-order valence-corrected chi connectivity index (χ3v) is 2.69. The average molecular weight is 240 g/mol. The maximum absolute atomic E-state index is 11.2. The summed E-state index contributed by atoms with van der Waals surface area (Å²) < 4.78 is 24.5. The molecule has 7 heteroatoms. The Labute approximate surface area is 92.2 Å². The molecule has 0 amide bonds. The molecule has 0 aliphatic rings. The van der Waals surface area contributed by atoms with Crippen molar-refractivity contribution in [2.24, 2.45) is 0 Å². The molecule has 1 aromatic carbocycles. The lowest BCUT2D eigenvalue weighted by Crippen LogP contribution is -2.15. The lowest BCUT2D eigenvalue weighted by molar-refractivity contribution is 0.0697. The van der Waals surface area contributed by atoms with Crippen molar-refractivity contribution in [1.29, 1.82) is 5.26 Å². The molecule has 6 nitrogen and oxygen atoms in total. The molecule has 0 atom stereocenters. The van der Waals surface area contributed by atoms with Crippen LogP contribution in [-0.4, -0.2) is 25.2 Å². The zero-order valence-corrected chi connectivity index (χ0v) is 8.86. The molecule has 2 N–H and O–H groups in total. The summed E-state index contributed by atoms with van der Waals surface area (Å²) in [5.74, 6) is -1.83. The molecule has 0 unspecified atom stereocenters. The van der Waals surface area contributed by atoms with Gasteiger partial charge in [0.15, 0.2) is 5.75 Å². The van der Waals surface area contributed by atoms with Crippen LogP contribution in [0.1, 0.15) is 10.4 Å². The van der Waals surface area contributed by atoms with Crippen molar-refractivity contribution < 1.29 is 18.3 Å². The maximum atomic E-state index is 11.2. The van der Waals surface area contributed by atoms with Gasteiger partial charge in [-0.15, -0.1) is 0 Å².